The fraction of sp³-hybridized carbons (Fsp3) is 0.302. The van der Waals surface area contributed by atoms with E-state index in [0.29, 0.717) is 75.8 Å². The van der Waals surface area contributed by atoms with Gasteiger partial charge in [0.05, 0.1) is 92.3 Å². The predicted octanol–water partition coefficient (Wildman–Crippen LogP) is 20.9. The summed E-state index contributed by atoms with van der Waals surface area (Å²) in [7, 11) is 0. The minimum atomic E-state index is -0.896. The number of nitrogens with two attached hydrogens (primary N) is 9. The SMILES string of the molecule is C.C=C[C@@]1(C)C[C@@H](n2ccc3c(N)ncnc32)[C@@H]2OC(C)(C)O[C@@H]21.Cc1cc2ccc(Br)cc2nc1N.Cc1cc2ccc(CC[C@@]3(C)C[C@@H](n4ccc5c(N)ncnc54)[C@@H]4OC(C)(C)O[C@@H]43)cc2nc1N.Cc1cc2ccc(CC[C@@]3(C)C[C@@H](n4ccc5c(N)ncnc54)[C@H](O)[C@@H]3O)cc2nc1N.Nc1cc(Br)ccc1C=O.Nc1nc2cc(Br)ccc2cc1C=O.[C-]#[N+]c1cc2ccc(Br)cc2nc1N. The van der Waals surface area contributed by atoms with E-state index < -0.39 is 29.2 Å². The van der Waals surface area contributed by atoms with Gasteiger partial charge >= 0.3 is 0 Å². The molecule has 0 unspecified atom stereocenters. The highest BCUT2D eigenvalue weighted by Crippen LogP contribution is 2.58. The molecule has 5 fully saturated rings. The number of nitrogens with zero attached hydrogens (tertiary/aromatic N) is 15. The number of anilines is 9. The minimum absolute atomic E-state index is 0. The second-order valence-corrected chi connectivity index (χ2v) is 41.7. The van der Waals surface area contributed by atoms with Gasteiger partial charge in [0.1, 0.15) is 101 Å². The number of fused-ring (bicyclic) bond motifs is 10. The van der Waals surface area contributed by atoms with Gasteiger partial charge in [-0.05, 0) is 253 Å². The minimum Gasteiger partial charge on any atom is -0.398 e. The molecule has 2 saturated heterocycles. The second-order valence-electron chi connectivity index (χ2n) is 38.1. The van der Waals surface area contributed by atoms with E-state index in [1.807, 2.05) is 163 Å². The Morgan fingerprint density at radius 3 is 1.23 bits per heavy atom. The number of aldehydes is 2. The highest BCUT2D eigenvalue weighted by atomic mass is 79.9. The molecule has 12 atom stereocenters. The summed E-state index contributed by atoms with van der Waals surface area (Å²) in [6.07, 6.45) is 17.7. The molecule has 0 bridgehead atoms. The highest BCUT2D eigenvalue weighted by Gasteiger charge is 2.61. The van der Waals surface area contributed by atoms with Crippen molar-refractivity contribution in [2.45, 2.75) is 188 Å². The Kier molecular flexibility index (Phi) is 30.3. The van der Waals surface area contributed by atoms with Crippen molar-refractivity contribution in [1.82, 2.24) is 68.5 Å². The number of aromatic nitrogens is 14. The van der Waals surface area contributed by atoms with Gasteiger partial charge in [0.15, 0.2) is 24.1 Å². The lowest BCUT2D eigenvalue weighted by molar-refractivity contribution is -0.168. The number of pyridine rings is 5. The van der Waals surface area contributed by atoms with Gasteiger partial charge in [0.2, 0.25) is 5.69 Å². The molecule has 5 aliphatic rings. The van der Waals surface area contributed by atoms with Gasteiger partial charge in [0.25, 0.3) is 0 Å². The van der Waals surface area contributed by atoms with Crippen LogP contribution in [0.1, 0.15) is 155 Å². The standard InChI is InChI=1S/C27H32N6O2.C24H28N6O2.C17H22N4O2.C10H6BrN3.C10H7BrN2O.C10H9BrN2.C7H6BrNO.CH4/c1-15-11-17-6-5-16(12-19(17)32-23(15)28)7-9-27(4)13-20(21-22(27)35-26(2,3)34-21)33-10-8-18-24(29)30-14-31-25(18)33;1-13-9-15-4-3-14(10-17(15)29-21(13)25)5-7-24(2)11-18(19(31)20(24)32)30-8-6-16-22(26)27-12-28-23(16)30;1-5-17(4)8-11(12-13(17)23-16(2,3)22-12)21-7-6-10-14(18)19-9-20-15(10)21;1-13-9-4-6-2-3-7(11)5-8(6)14-10(9)12;11-8-2-1-6-3-7(5-14)10(12)13-9(6)4-8;1-6-4-7-2-3-8(11)5-9(7)13-10(6)12;8-6-2-1-5(4-10)7(9)3-6;/h5-6,8,10-12,14,20-22H,7,9,13H2,1-4H3,(H2,28,32)(H2,29,30,31);3-4,6,8-10,12,18-20,31-32H,5,7,11H2,1-2H3,(H2,25,29)(H2,26,27,28);5-7,9,11-13H,1,8H2,2-4H3,(H2,18,19,20);2-5H,(H2,12,14);1-5H,(H2,12,13);2-5H,1H3,(H2,12,13);1-4H,9H2;1H4/t20-,21+,22+,27+;18-,19+,20+,24+;11-,12+,13+,17+;;;;;/m111...../s1. The second kappa shape index (κ2) is 41.7. The third kappa shape index (κ3) is 21.7. The Hall–Kier alpha value is -13.3. The summed E-state index contributed by atoms with van der Waals surface area (Å²) in [5.41, 5.74) is 65.7. The summed E-state index contributed by atoms with van der Waals surface area (Å²) < 4.78 is 35.5. The lowest BCUT2D eigenvalue weighted by Gasteiger charge is -2.32. The first-order valence-corrected chi connectivity index (χ1v) is 48.8. The van der Waals surface area contributed by atoms with Crippen LogP contribution in [0.25, 0.3) is 92.5 Å². The van der Waals surface area contributed by atoms with Crippen LogP contribution in [0.3, 0.4) is 0 Å². The number of carbonyl (C=O) groups is 2. The Morgan fingerprint density at radius 2 is 0.789 bits per heavy atom. The van der Waals surface area contributed by atoms with Gasteiger partial charge in [-0.25, -0.2) is 59.7 Å². The van der Waals surface area contributed by atoms with Gasteiger partial charge in [-0.2, -0.15) is 0 Å². The molecule has 20 N–H and O–H groups in total. The molecule has 17 aromatic rings. The van der Waals surface area contributed by atoms with Crippen LogP contribution >= 0.6 is 63.7 Å². The van der Waals surface area contributed by atoms with Gasteiger partial charge in [0, 0.05) is 74.7 Å². The summed E-state index contributed by atoms with van der Waals surface area (Å²) in [4.78, 5) is 71.3. The van der Waals surface area contributed by atoms with Crippen LogP contribution in [0.15, 0.2) is 226 Å². The number of hydrogen-bond acceptors (Lipinski definition) is 28. The molecule has 22 rings (SSSR count). The highest BCUT2D eigenvalue weighted by molar-refractivity contribution is 9.11. The van der Waals surface area contributed by atoms with E-state index >= 15 is 0 Å². The van der Waals surface area contributed by atoms with E-state index in [2.05, 4.69) is 202 Å². The van der Waals surface area contributed by atoms with Crippen LogP contribution in [-0.2, 0) is 31.8 Å². The Balaban J connectivity index is 0.000000130. The molecule has 0 radical (unpaired) electrons. The van der Waals surface area contributed by atoms with E-state index in [1.54, 1.807) is 30.3 Å². The van der Waals surface area contributed by atoms with Crippen molar-refractivity contribution in [2.75, 3.05) is 51.6 Å². The summed E-state index contributed by atoms with van der Waals surface area (Å²) in [6, 6.07) is 50.6. The zero-order chi connectivity index (χ0) is 101. The Morgan fingerprint density at radius 1 is 0.423 bits per heavy atom. The maximum absolute atomic E-state index is 11.0. The maximum Gasteiger partial charge on any atom is 0.228 e. The number of rotatable bonds is 12. The quantitative estimate of drug-likeness (QED) is 0.0234. The van der Waals surface area contributed by atoms with Crippen LogP contribution in [0.5, 0.6) is 0 Å². The molecule has 0 amide bonds. The molecule has 3 saturated carbocycles. The van der Waals surface area contributed by atoms with Gasteiger partial charge < -0.3 is 94.5 Å². The van der Waals surface area contributed by atoms with Crippen molar-refractivity contribution in [3.63, 3.8) is 0 Å². The Bertz CT molecular complexity index is 7730. The number of ether oxygens (including phenoxy) is 4. The lowest BCUT2D eigenvalue weighted by atomic mass is 9.80. The molecule has 6 aromatic carbocycles. The molecule has 36 heteroatoms. The van der Waals surface area contributed by atoms with Gasteiger partial charge in [-0.15, -0.1) is 6.58 Å². The first kappa shape index (κ1) is 103. The van der Waals surface area contributed by atoms with Crippen molar-refractivity contribution >= 4 is 222 Å². The van der Waals surface area contributed by atoms with E-state index in [1.165, 1.54) is 24.5 Å². The number of benzene rings is 6. The van der Waals surface area contributed by atoms with E-state index in [4.69, 9.17) is 77.1 Å². The van der Waals surface area contributed by atoms with Crippen LogP contribution in [0, 0.1) is 43.6 Å². The lowest BCUT2D eigenvalue weighted by Crippen LogP contribution is -2.35. The normalized spacial score (nSPS) is 22.0. The zero-order valence-corrected chi connectivity index (χ0v) is 85.7. The Labute approximate surface area is 854 Å². The molecule has 734 valence electrons. The monoisotopic (exact) mass is 2170 g/mol. The van der Waals surface area contributed by atoms with Crippen molar-refractivity contribution in [1.29, 1.82) is 0 Å². The van der Waals surface area contributed by atoms with Crippen molar-refractivity contribution < 1.29 is 38.7 Å². The van der Waals surface area contributed by atoms with Gasteiger partial charge in [-0.1, -0.05) is 140 Å². The number of nitrogen functional groups attached to an aromatic ring is 9. The molecular formula is C106H114Br4N24O8. The molecule has 0 spiro atoms. The molecule has 142 heavy (non-hydrogen) atoms. The maximum atomic E-state index is 11.0. The van der Waals surface area contributed by atoms with Crippen LogP contribution in [-0.4, -0.2) is 140 Å². The van der Waals surface area contributed by atoms with E-state index in [0.717, 1.165) is 167 Å². The third-order valence-electron chi connectivity index (χ3n) is 27.2. The topological polar surface area (TPSA) is 507 Å². The predicted molar refractivity (Wildman–Crippen MR) is 578 cm³/mol. The number of aliphatic hydroxyl groups is 2. The van der Waals surface area contributed by atoms with Crippen LogP contribution < -0.4 is 51.6 Å². The first-order chi connectivity index (χ1) is 67.0. The largest absolute Gasteiger partial charge is 0.398 e. The fourth-order valence-electron chi connectivity index (χ4n) is 19.4. The van der Waals surface area contributed by atoms with Crippen LogP contribution in [0.2, 0.25) is 0 Å². The number of carbonyl (C=O) groups excluding carboxylic acids is 2. The molecule has 2 aliphatic heterocycles. The summed E-state index contributed by atoms with van der Waals surface area (Å²) >= 11 is 13.3. The van der Waals surface area contributed by atoms with Gasteiger partial charge in [-0.3, -0.25) is 9.59 Å². The first-order valence-electron chi connectivity index (χ1n) is 45.7. The smallest absolute Gasteiger partial charge is 0.228 e. The average molecular weight is 2170 g/mol. The number of halogens is 4. The van der Waals surface area contributed by atoms with Crippen molar-refractivity contribution in [3.05, 3.63) is 276 Å². The summed E-state index contributed by atoms with van der Waals surface area (Å²) in [5, 5.41) is 29.5. The number of hydrogen-bond donors (Lipinski definition) is 11. The summed E-state index contributed by atoms with van der Waals surface area (Å²) in [6.45, 7) is 31.3. The summed E-state index contributed by atoms with van der Waals surface area (Å²) in [5.74, 6) is 2.47. The van der Waals surface area contributed by atoms with E-state index in [-0.39, 0.29) is 72.4 Å². The number of aryl methyl sites for hydroxylation is 5. The average Bonchev–Trinajstić information content (AvgIpc) is 1.57. The van der Waals surface area contributed by atoms with E-state index in [9.17, 15) is 19.8 Å². The fourth-order valence-corrected chi connectivity index (χ4v) is 20.8. The zero-order valence-electron chi connectivity index (χ0n) is 79.3. The molecular weight excluding hydrogens is 2060 g/mol. The molecule has 3 aliphatic carbocycles. The van der Waals surface area contributed by atoms with Crippen molar-refractivity contribution in [3.8, 4) is 0 Å². The number of aliphatic hydroxyl groups excluding tert-OH is 2. The van der Waals surface area contributed by atoms with Crippen molar-refractivity contribution in [2.24, 2.45) is 16.2 Å². The van der Waals surface area contributed by atoms with Crippen LogP contribution in [0.4, 0.5) is 57.9 Å². The molecule has 13 heterocycles. The molecule has 32 nitrogen and oxygen atoms in total. The molecule has 11 aromatic heterocycles. The third-order valence-corrected chi connectivity index (χ3v) is 29.2.